The van der Waals surface area contributed by atoms with Crippen molar-refractivity contribution in [3.63, 3.8) is 0 Å². The largest absolute Gasteiger partial charge is 0.462 e. The zero-order chi connectivity index (χ0) is 49.3. The summed E-state index contributed by atoms with van der Waals surface area (Å²) in [5.74, 6) is -0.993. The van der Waals surface area contributed by atoms with E-state index in [1.165, 1.54) is 154 Å². The average molecular weight is 948 g/mol. The lowest BCUT2D eigenvalue weighted by Crippen LogP contribution is -2.30. The van der Waals surface area contributed by atoms with E-state index in [-0.39, 0.29) is 37.5 Å². The van der Waals surface area contributed by atoms with Crippen molar-refractivity contribution in [2.24, 2.45) is 0 Å². The van der Waals surface area contributed by atoms with Crippen LogP contribution in [0.4, 0.5) is 0 Å². The molecule has 0 radical (unpaired) electrons. The molecule has 0 bridgehead atoms. The number of hydrogen-bond donors (Lipinski definition) is 0. The Morgan fingerprint density at radius 2 is 0.603 bits per heavy atom. The van der Waals surface area contributed by atoms with Gasteiger partial charge in [0.05, 0.1) is 0 Å². The fourth-order valence-electron chi connectivity index (χ4n) is 7.83. The fourth-order valence-corrected chi connectivity index (χ4v) is 7.83. The number of carbonyl (C=O) groups is 3. The first-order valence-corrected chi connectivity index (χ1v) is 28.6. The Balaban J connectivity index is 4.48. The molecule has 0 aromatic rings. The molecule has 0 fully saturated rings. The van der Waals surface area contributed by atoms with E-state index < -0.39 is 6.10 Å². The lowest BCUT2D eigenvalue weighted by atomic mass is 10.1. The third-order valence-corrected chi connectivity index (χ3v) is 12.1. The number of ether oxygens (including phenoxy) is 3. The summed E-state index contributed by atoms with van der Waals surface area (Å²) in [6.07, 6.45) is 73.0. The second kappa shape index (κ2) is 56.2. The number of esters is 3. The molecular weight excluding hydrogens is 841 g/mol. The van der Waals surface area contributed by atoms with Gasteiger partial charge in [-0.05, 0) is 103 Å². The smallest absolute Gasteiger partial charge is 0.306 e. The maximum absolute atomic E-state index is 12.9. The molecule has 0 aliphatic carbocycles. The van der Waals surface area contributed by atoms with Crippen molar-refractivity contribution in [3.8, 4) is 0 Å². The zero-order valence-corrected chi connectivity index (χ0v) is 44.6. The van der Waals surface area contributed by atoms with Crippen LogP contribution >= 0.6 is 0 Å². The summed E-state index contributed by atoms with van der Waals surface area (Å²) in [7, 11) is 0. The molecule has 0 aliphatic heterocycles. The number of allylic oxidation sites excluding steroid dienone is 14. The SMILES string of the molecule is CC/C=C\C/C=C\C/C=C\C/C=C\C/C=C\CCC(=O)OCC(COC(=O)CCCCCCCCC/C=C\CCCCCCCC)OC(=O)CCCCCCCCC/C=C\CCCCCCCC. The molecule has 390 valence electrons. The molecule has 0 saturated heterocycles. The predicted octanol–water partition coefficient (Wildman–Crippen LogP) is 19.2. The first-order chi connectivity index (χ1) is 33.5. The quantitative estimate of drug-likeness (QED) is 0.0262. The summed E-state index contributed by atoms with van der Waals surface area (Å²) in [4.78, 5) is 38.1. The first kappa shape index (κ1) is 64.6. The normalized spacial score (nSPS) is 12.7. The van der Waals surface area contributed by atoms with E-state index in [1.807, 2.05) is 6.08 Å². The van der Waals surface area contributed by atoms with Crippen LogP contribution in [0.1, 0.15) is 271 Å². The zero-order valence-electron chi connectivity index (χ0n) is 44.6. The summed E-state index contributed by atoms with van der Waals surface area (Å²) in [6.45, 7) is 6.46. The van der Waals surface area contributed by atoms with Gasteiger partial charge < -0.3 is 14.2 Å². The van der Waals surface area contributed by atoms with Crippen molar-refractivity contribution < 1.29 is 28.6 Å². The van der Waals surface area contributed by atoms with Crippen LogP contribution in [0.15, 0.2) is 85.1 Å². The minimum atomic E-state index is -0.811. The number of unbranched alkanes of at least 4 members (excludes halogenated alkanes) is 26. The van der Waals surface area contributed by atoms with E-state index in [2.05, 4.69) is 99.8 Å². The predicted molar refractivity (Wildman–Crippen MR) is 293 cm³/mol. The molecule has 0 aromatic carbocycles. The molecular formula is C62H106O6. The molecule has 0 aromatic heterocycles. The van der Waals surface area contributed by atoms with Gasteiger partial charge in [0.15, 0.2) is 6.10 Å². The Morgan fingerprint density at radius 3 is 0.985 bits per heavy atom. The average Bonchev–Trinajstić information content (AvgIpc) is 3.34. The van der Waals surface area contributed by atoms with Crippen LogP contribution in [0, 0.1) is 0 Å². The Bertz CT molecular complexity index is 1320. The van der Waals surface area contributed by atoms with Gasteiger partial charge in [0.2, 0.25) is 0 Å². The van der Waals surface area contributed by atoms with Gasteiger partial charge >= 0.3 is 17.9 Å². The second-order valence-corrected chi connectivity index (χ2v) is 18.8. The highest BCUT2D eigenvalue weighted by Gasteiger charge is 2.19. The lowest BCUT2D eigenvalue weighted by Gasteiger charge is -2.18. The number of hydrogen-bond acceptors (Lipinski definition) is 6. The molecule has 68 heavy (non-hydrogen) atoms. The molecule has 0 N–H and O–H groups in total. The van der Waals surface area contributed by atoms with Crippen molar-refractivity contribution >= 4 is 17.9 Å². The van der Waals surface area contributed by atoms with Crippen LogP contribution in [0.5, 0.6) is 0 Å². The van der Waals surface area contributed by atoms with Crippen molar-refractivity contribution in [3.05, 3.63) is 85.1 Å². The Labute approximate surface area is 420 Å². The van der Waals surface area contributed by atoms with Gasteiger partial charge in [-0.15, -0.1) is 0 Å². The van der Waals surface area contributed by atoms with Crippen molar-refractivity contribution in [2.75, 3.05) is 13.2 Å². The minimum Gasteiger partial charge on any atom is -0.462 e. The van der Waals surface area contributed by atoms with E-state index in [4.69, 9.17) is 14.2 Å². The van der Waals surface area contributed by atoms with Crippen molar-refractivity contribution in [2.45, 2.75) is 277 Å². The Morgan fingerprint density at radius 1 is 0.309 bits per heavy atom. The number of rotatable bonds is 51. The molecule has 0 spiro atoms. The summed E-state index contributed by atoms with van der Waals surface area (Å²) in [5.41, 5.74) is 0. The van der Waals surface area contributed by atoms with Gasteiger partial charge in [-0.25, -0.2) is 0 Å². The topological polar surface area (TPSA) is 78.9 Å². The molecule has 0 saturated carbocycles. The van der Waals surface area contributed by atoms with Crippen LogP contribution in [0.2, 0.25) is 0 Å². The van der Waals surface area contributed by atoms with Gasteiger partial charge in [0.25, 0.3) is 0 Å². The Kier molecular flexibility index (Phi) is 53.4. The van der Waals surface area contributed by atoms with Crippen LogP contribution in [-0.2, 0) is 28.6 Å². The summed E-state index contributed by atoms with van der Waals surface area (Å²) >= 11 is 0. The third-order valence-electron chi connectivity index (χ3n) is 12.1. The van der Waals surface area contributed by atoms with E-state index in [1.54, 1.807) is 0 Å². The molecule has 1 atom stereocenters. The van der Waals surface area contributed by atoms with Crippen LogP contribution in [0.3, 0.4) is 0 Å². The second-order valence-electron chi connectivity index (χ2n) is 18.8. The Hall–Kier alpha value is -3.41. The summed E-state index contributed by atoms with van der Waals surface area (Å²) < 4.78 is 16.8. The van der Waals surface area contributed by atoms with Gasteiger partial charge in [-0.2, -0.15) is 0 Å². The van der Waals surface area contributed by atoms with Crippen LogP contribution in [0.25, 0.3) is 0 Å². The van der Waals surface area contributed by atoms with E-state index in [0.29, 0.717) is 19.3 Å². The van der Waals surface area contributed by atoms with Gasteiger partial charge in [-0.3, -0.25) is 14.4 Å². The molecule has 0 heterocycles. The maximum atomic E-state index is 12.9. The molecule has 1 unspecified atom stereocenters. The standard InChI is InChI=1S/C62H106O6/c1-4-7-10-13-16-19-22-25-28-31-34-37-40-43-46-49-52-55-61(64)67-58-59(57-66-60(63)54-51-48-45-42-39-36-33-30-27-24-21-18-15-12-9-6-3)68-62(65)56-53-50-47-44-41-38-35-32-29-26-23-20-17-14-11-8-5-2/h9,12,18,21,25-30,36,39,45,48,59H,4-8,10-11,13-17,19-20,22-24,31-35,37-38,40-44,46-47,49-58H2,1-3H3/b12-9-,21-18-,28-25-,29-26-,30-27-,39-36-,48-45-. The minimum absolute atomic E-state index is 0.103. The maximum Gasteiger partial charge on any atom is 0.306 e. The highest BCUT2D eigenvalue weighted by atomic mass is 16.6. The van der Waals surface area contributed by atoms with E-state index in [0.717, 1.165) is 70.6 Å². The molecule has 0 aliphatic rings. The monoisotopic (exact) mass is 947 g/mol. The van der Waals surface area contributed by atoms with Crippen molar-refractivity contribution in [1.82, 2.24) is 0 Å². The summed E-state index contributed by atoms with van der Waals surface area (Å²) in [6, 6.07) is 0. The van der Waals surface area contributed by atoms with Crippen LogP contribution in [-0.4, -0.2) is 37.2 Å². The van der Waals surface area contributed by atoms with Gasteiger partial charge in [0.1, 0.15) is 13.2 Å². The summed E-state index contributed by atoms with van der Waals surface area (Å²) in [5, 5.41) is 0. The number of carbonyl (C=O) groups excluding carboxylic acids is 3. The van der Waals surface area contributed by atoms with Crippen molar-refractivity contribution in [1.29, 1.82) is 0 Å². The van der Waals surface area contributed by atoms with Crippen LogP contribution < -0.4 is 0 Å². The van der Waals surface area contributed by atoms with Gasteiger partial charge in [-0.1, -0.05) is 234 Å². The molecule has 0 amide bonds. The van der Waals surface area contributed by atoms with E-state index in [9.17, 15) is 14.4 Å². The first-order valence-electron chi connectivity index (χ1n) is 28.6. The molecule has 6 nitrogen and oxygen atoms in total. The molecule has 6 heteroatoms. The fraction of sp³-hybridized carbons (Fsp3) is 0.726. The van der Waals surface area contributed by atoms with E-state index >= 15 is 0 Å². The van der Waals surface area contributed by atoms with Gasteiger partial charge in [0, 0.05) is 19.3 Å². The highest BCUT2D eigenvalue weighted by molar-refractivity contribution is 5.71. The lowest BCUT2D eigenvalue weighted by molar-refractivity contribution is -0.166. The highest BCUT2D eigenvalue weighted by Crippen LogP contribution is 2.15. The third kappa shape index (κ3) is 53.5. The molecule has 0 rings (SSSR count).